The maximum absolute atomic E-state index is 4.48. The summed E-state index contributed by atoms with van der Waals surface area (Å²) < 4.78 is 1.01. The molecule has 0 radical (unpaired) electrons. The van der Waals surface area contributed by atoms with E-state index < -0.39 is 0 Å². The van der Waals surface area contributed by atoms with Gasteiger partial charge in [0.05, 0.1) is 5.69 Å². The maximum Gasteiger partial charge on any atom is 0.159 e. The van der Waals surface area contributed by atoms with Crippen molar-refractivity contribution < 1.29 is 0 Å². The summed E-state index contributed by atoms with van der Waals surface area (Å²) >= 11 is 5.09. The Kier molecular flexibility index (Phi) is 3.01. The van der Waals surface area contributed by atoms with E-state index in [1.54, 1.807) is 11.3 Å². The largest absolute Gasteiger partial charge is 0.306 e. The average Bonchev–Trinajstić information content (AvgIpc) is 2.52. The number of aromatic nitrogens is 1. The van der Waals surface area contributed by atoms with Crippen molar-refractivity contribution in [2.45, 2.75) is 18.8 Å². The molecule has 0 spiro atoms. The van der Waals surface area contributed by atoms with Crippen molar-refractivity contribution >= 4 is 27.3 Å². The normalized spacial score (nSPS) is 24.9. The smallest absolute Gasteiger partial charge is 0.159 e. The summed E-state index contributed by atoms with van der Waals surface area (Å²) in [5, 5.41) is 2.17. The lowest BCUT2D eigenvalue weighted by Crippen LogP contribution is -2.30. The standard InChI is InChI=1S/C9H13BrN2S/c1-12-4-2-3-7(5-12)8-6-13-9(10)11-8/h6-7H,2-5H2,1H3. The Balaban J connectivity index is 2.08. The van der Waals surface area contributed by atoms with Gasteiger partial charge in [0.25, 0.3) is 0 Å². The highest BCUT2D eigenvalue weighted by Gasteiger charge is 2.20. The second kappa shape index (κ2) is 4.07. The fourth-order valence-electron chi connectivity index (χ4n) is 1.86. The van der Waals surface area contributed by atoms with Crippen LogP contribution in [0.1, 0.15) is 24.5 Å². The molecular formula is C9H13BrN2S. The first kappa shape index (κ1) is 9.62. The van der Waals surface area contributed by atoms with Gasteiger partial charge in [-0.1, -0.05) is 0 Å². The van der Waals surface area contributed by atoms with Crippen molar-refractivity contribution in [2.24, 2.45) is 0 Å². The Morgan fingerprint density at radius 1 is 1.69 bits per heavy atom. The molecule has 0 amide bonds. The van der Waals surface area contributed by atoms with Crippen LogP contribution in [-0.4, -0.2) is 30.0 Å². The maximum atomic E-state index is 4.48. The van der Waals surface area contributed by atoms with Crippen molar-refractivity contribution in [3.8, 4) is 0 Å². The van der Waals surface area contributed by atoms with Gasteiger partial charge in [0, 0.05) is 17.8 Å². The summed E-state index contributed by atoms with van der Waals surface area (Å²) in [4.78, 5) is 6.87. The van der Waals surface area contributed by atoms with E-state index in [9.17, 15) is 0 Å². The second-order valence-electron chi connectivity index (χ2n) is 3.63. The molecule has 1 aromatic rings. The van der Waals surface area contributed by atoms with Gasteiger partial charge in [-0.15, -0.1) is 11.3 Å². The summed E-state index contributed by atoms with van der Waals surface area (Å²) in [5.74, 6) is 0.654. The van der Waals surface area contributed by atoms with E-state index in [-0.39, 0.29) is 0 Å². The molecule has 0 bridgehead atoms. The van der Waals surface area contributed by atoms with Crippen LogP contribution in [-0.2, 0) is 0 Å². The third-order valence-electron chi connectivity index (χ3n) is 2.54. The molecular weight excluding hydrogens is 248 g/mol. The van der Waals surface area contributed by atoms with Crippen molar-refractivity contribution in [1.29, 1.82) is 0 Å². The Bertz CT molecular complexity index is 287. The third kappa shape index (κ3) is 2.30. The molecule has 0 N–H and O–H groups in total. The lowest BCUT2D eigenvalue weighted by Gasteiger charge is -2.28. The molecule has 1 aliphatic rings. The number of piperidine rings is 1. The Labute approximate surface area is 91.1 Å². The molecule has 1 saturated heterocycles. The monoisotopic (exact) mass is 260 g/mol. The molecule has 2 heterocycles. The van der Waals surface area contributed by atoms with Crippen molar-refractivity contribution in [1.82, 2.24) is 9.88 Å². The first-order valence-electron chi connectivity index (χ1n) is 4.55. The molecule has 0 aliphatic carbocycles. The van der Waals surface area contributed by atoms with Crippen LogP contribution in [0.3, 0.4) is 0 Å². The number of hydrogen-bond acceptors (Lipinski definition) is 3. The fourth-order valence-corrected chi connectivity index (χ4v) is 2.96. The van der Waals surface area contributed by atoms with Gasteiger partial charge in [0.15, 0.2) is 3.92 Å². The fraction of sp³-hybridized carbons (Fsp3) is 0.667. The van der Waals surface area contributed by atoms with Crippen LogP contribution in [0.25, 0.3) is 0 Å². The molecule has 4 heteroatoms. The van der Waals surface area contributed by atoms with E-state index in [2.05, 4.69) is 38.2 Å². The van der Waals surface area contributed by atoms with Gasteiger partial charge >= 0.3 is 0 Å². The van der Waals surface area contributed by atoms with Crippen LogP contribution >= 0.6 is 27.3 Å². The number of hydrogen-bond donors (Lipinski definition) is 0. The highest BCUT2D eigenvalue weighted by molar-refractivity contribution is 9.11. The number of nitrogens with zero attached hydrogens (tertiary/aromatic N) is 2. The zero-order valence-electron chi connectivity index (χ0n) is 7.66. The van der Waals surface area contributed by atoms with E-state index in [1.807, 2.05) is 0 Å². The topological polar surface area (TPSA) is 16.1 Å². The second-order valence-corrected chi connectivity index (χ2v) is 5.76. The Hall–Kier alpha value is 0.0700. The zero-order valence-corrected chi connectivity index (χ0v) is 10.1. The van der Waals surface area contributed by atoms with Gasteiger partial charge < -0.3 is 4.90 Å². The third-order valence-corrected chi connectivity index (χ3v) is 3.92. The van der Waals surface area contributed by atoms with Crippen LogP contribution in [0, 0.1) is 0 Å². The van der Waals surface area contributed by atoms with Crippen molar-refractivity contribution in [3.05, 3.63) is 15.0 Å². The first-order valence-corrected chi connectivity index (χ1v) is 6.22. The molecule has 1 atom stereocenters. The van der Waals surface area contributed by atoms with Crippen LogP contribution in [0.5, 0.6) is 0 Å². The van der Waals surface area contributed by atoms with E-state index in [0.717, 1.165) is 10.5 Å². The SMILES string of the molecule is CN1CCCC(c2csc(Br)n2)C1. The van der Waals surface area contributed by atoms with Gasteiger partial charge in [-0.2, -0.15) is 0 Å². The average molecular weight is 261 g/mol. The number of thiazole rings is 1. The summed E-state index contributed by atoms with van der Waals surface area (Å²) in [5.41, 5.74) is 1.27. The highest BCUT2D eigenvalue weighted by Crippen LogP contribution is 2.28. The molecule has 1 fully saturated rings. The van der Waals surface area contributed by atoms with E-state index in [4.69, 9.17) is 0 Å². The quantitative estimate of drug-likeness (QED) is 0.772. The lowest BCUT2D eigenvalue weighted by atomic mass is 9.96. The van der Waals surface area contributed by atoms with E-state index in [1.165, 1.54) is 25.1 Å². The molecule has 2 nitrogen and oxygen atoms in total. The van der Waals surface area contributed by atoms with Gasteiger partial charge in [0.2, 0.25) is 0 Å². The number of halogens is 1. The van der Waals surface area contributed by atoms with Crippen molar-refractivity contribution in [2.75, 3.05) is 20.1 Å². The van der Waals surface area contributed by atoms with Crippen LogP contribution in [0.2, 0.25) is 0 Å². The molecule has 2 rings (SSSR count). The van der Waals surface area contributed by atoms with Gasteiger partial charge in [0.1, 0.15) is 0 Å². The minimum atomic E-state index is 0.654. The number of likely N-dealkylation sites (N-methyl/N-ethyl adjacent to an activating group) is 1. The van der Waals surface area contributed by atoms with Crippen LogP contribution in [0.4, 0.5) is 0 Å². The molecule has 0 saturated carbocycles. The predicted octanol–water partition coefficient (Wildman–Crippen LogP) is 2.71. The molecule has 72 valence electrons. The zero-order chi connectivity index (χ0) is 9.26. The van der Waals surface area contributed by atoms with E-state index >= 15 is 0 Å². The van der Waals surface area contributed by atoms with E-state index in [0.29, 0.717) is 5.92 Å². The first-order chi connectivity index (χ1) is 6.25. The Morgan fingerprint density at radius 2 is 2.54 bits per heavy atom. The molecule has 1 aromatic heterocycles. The molecule has 1 unspecified atom stereocenters. The van der Waals surface area contributed by atoms with Gasteiger partial charge in [-0.05, 0) is 42.4 Å². The summed E-state index contributed by atoms with van der Waals surface area (Å²) in [6.07, 6.45) is 2.59. The Morgan fingerprint density at radius 3 is 3.15 bits per heavy atom. The number of rotatable bonds is 1. The summed E-state index contributed by atoms with van der Waals surface area (Å²) in [6, 6.07) is 0. The number of likely N-dealkylation sites (tertiary alicyclic amines) is 1. The minimum absolute atomic E-state index is 0.654. The van der Waals surface area contributed by atoms with Crippen LogP contribution < -0.4 is 0 Å². The summed E-state index contributed by atoms with van der Waals surface area (Å²) in [7, 11) is 2.19. The minimum Gasteiger partial charge on any atom is -0.306 e. The summed E-state index contributed by atoms with van der Waals surface area (Å²) in [6.45, 7) is 2.40. The molecule has 0 aromatic carbocycles. The molecule has 1 aliphatic heterocycles. The predicted molar refractivity (Wildman–Crippen MR) is 59.3 cm³/mol. The lowest BCUT2D eigenvalue weighted by molar-refractivity contribution is 0.249. The highest BCUT2D eigenvalue weighted by atomic mass is 79.9. The van der Waals surface area contributed by atoms with Gasteiger partial charge in [-0.25, -0.2) is 4.98 Å². The van der Waals surface area contributed by atoms with Crippen LogP contribution in [0.15, 0.2) is 9.30 Å². The van der Waals surface area contributed by atoms with Gasteiger partial charge in [-0.3, -0.25) is 0 Å². The van der Waals surface area contributed by atoms with Crippen molar-refractivity contribution in [3.63, 3.8) is 0 Å². The molecule has 13 heavy (non-hydrogen) atoms.